The van der Waals surface area contributed by atoms with Gasteiger partial charge in [-0.05, 0) is 79.6 Å². The van der Waals surface area contributed by atoms with Crippen molar-refractivity contribution in [1.29, 1.82) is 0 Å². The van der Waals surface area contributed by atoms with Gasteiger partial charge in [-0.2, -0.15) is 4.31 Å². The van der Waals surface area contributed by atoms with Gasteiger partial charge in [0.15, 0.2) is 0 Å². The molecule has 2 fully saturated rings. The molecule has 1 saturated heterocycles. The molecule has 184 valence electrons. The number of halogens is 3. The van der Waals surface area contributed by atoms with Gasteiger partial charge in [-0.25, -0.2) is 8.42 Å². The largest absolute Gasteiger partial charge is 0.341 e. The first-order valence-electron chi connectivity index (χ1n) is 11.1. The second-order valence-corrected chi connectivity index (χ2v) is 11.1. The molecule has 0 spiro atoms. The van der Waals surface area contributed by atoms with Crippen molar-refractivity contribution in [1.82, 2.24) is 9.21 Å². The van der Waals surface area contributed by atoms with Crippen LogP contribution in [0.5, 0.6) is 0 Å². The Balaban J connectivity index is 0.00000193. The molecular weight excluding hydrogens is 505 g/mol. The van der Waals surface area contributed by atoms with Crippen molar-refractivity contribution in [2.75, 3.05) is 32.7 Å². The van der Waals surface area contributed by atoms with Crippen molar-refractivity contribution in [2.24, 2.45) is 17.6 Å². The van der Waals surface area contributed by atoms with E-state index in [2.05, 4.69) is 0 Å². The zero-order valence-electron chi connectivity index (χ0n) is 18.5. The highest BCUT2D eigenvalue weighted by Crippen LogP contribution is 2.30. The Labute approximate surface area is 213 Å². The third kappa shape index (κ3) is 6.32. The van der Waals surface area contributed by atoms with Gasteiger partial charge in [0.05, 0.1) is 4.90 Å². The maximum absolute atomic E-state index is 13.3. The summed E-state index contributed by atoms with van der Waals surface area (Å²) in [5.74, 6) is 0.766. The first-order chi connectivity index (χ1) is 14.9. The van der Waals surface area contributed by atoms with Crippen molar-refractivity contribution >= 4 is 63.1 Å². The van der Waals surface area contributed by atoms with Gasteiger partial charge in [-0.3, -0.25) is 4.79 Å². The number of fused-ring (bicyclic) bond motifs is 1. The second-order valence-electron chi connectivity index (χ2n) is 8.69. The van der Waals surface area contributed by atoms with Gasteiger partial charge in [0.25, 0.3) is 0 Å². The Morgan fingerprint density at radius 2 is 1.61 bits per heavy atom. The Morgan fingerprint density at radius 1 is 0.939 bits per heavy atom. The van der Waals surface area contributed by atoms with Crippen molar-refractivity contribution < 1.29 is 13.2 Å². The molecule has 4 rings (SSSR count). The quantitative estimate of drug-likeness (QED) is 0.631. The Morgan fingerprint density at radius 3 is 2.30 bits per heavy atom. The van der Waals surface area contributed by atoms with Crippen LogP contribution in [0.3, 0.4) is 0 Å². The van der Waals surface area contributed by atoms with Crippen molar-refractivity contribution in [3.63, 3.8) is 0 Å². The summed E-state index contributed by atoms with van der Waals surface area (Å²) in [6, 6.07) is 10.5. The topological polar surface area (TPSA) is 83.7 Å². The summed E-state index contributed by atoms with van der Waals surface area (Å²) in [4.78, 5) is 15.2. The van der Waals surface area contributed by atoms with E-state index < -0.39 is 10.0 Å². The second kappa shape index (κ2) is 12.0. The molecule has 1 amide bonds. The van der Waals surface area contributed by atoms with Crippen LogP contribution in [0, 0.1) is 11.8 Å². The number of nitrogens with two attached hydrogens (primary N) is 1. The van der Waals surface area contributed by atoms with Crippen molar-refractivity contribution in [2.45, 2.75) is 37.0 Å². The Hall–Kier alpha value is -1.09. The molecule has 6 nitrogen and oxygen atoms in total. The summed E-state index contributed by atoms with van der Waals surface area (Å²) >= 11 is 6.03. The lowest BCUT2D eigenvalue weighted by Crippen LogP contribution is -2.41. The summed E-state index contributed by atoms with van der Waals surface area (Å²) in [5, 5.41) is 2.37. The first kappa shape index (κ1) is 28.1. The standard InChI is InChI=1S/C23H30ClN3O3S.2ClH/c24-21-8-6-20-15-22(9-7-19(20)14-21)31(29,30)27-11-1-10-26(12-13-27)23(28)18-4-2-17(16-25)3-5-18;;/h6-9,14-15,17-18H,1-5,10-13,16,25H2;2*1H. The average Bonchev–Trinajstić information content (AvgIpc) is 3.05. The van der Waals surface area contributed by atoms with Crippen LogP contribution < -0.4 is 5.73 Å². The highest BCUT2D eigenvalue weighted by atomic mass is 35.5. The molecule has 2 aromatic rings. The maximum atomic E-state index is 13.3. The van der Waals surface area contributed by atoms with Gasteiger partial charge in [-0.1, -0.05) is 23.7 Å². The van der Waals surface area contributed by atoms with Crippen LogP contribution in [0.1, 0.15) is 32.1 Å². The summed E-state index contributed by atoms with van der Waals surface area (Å²) in [6.07, 6.45) is 4.44. The molecule has 1 aliphatic heterocycles. The minimum atomic E-state index is -3.62. The van der Waals surface area contributed by atoms with Gasteiger partial charge in [0.2, 0.25) is 15.9 Å². The van der Waals surface area contributed by atoms with Gasteiger partial charge in [-0.15, -0.1) is 24.8 Å². The molecule has 10 heteroatoms. The molecule has 0 bridgehead atoms. The van der Waals surface area contributed by atoms with E-state index >= 15 is 0 Å². The lowest BCUT2D eigenvalue weighted by molar-refractivity contribution is -0.136. The lowest BCUT2D eigenvalue weighted by Gasteiger charge is -2.31. The van der Waals surface area contributed by atoms with Crippen LogP contribution in [-0.4, -0.2) is 56.3 Å². The molecule has 1 heterocycles. The monoisotopic (exact) mass is 535 g/mol. The predicted molar refractivity (Wildman–Crippen MR) is 138 cm³/mol. The molecule has 33 heavy (non-hydrogen) atoms. The molecule has 1 aliphatic carbocycles. The number of carbonyl (C=O) groups is 1. The molecule has 0 atom stereocenters. The third-order valence-electron chi connectivity index (χ3n) is 6.71. The number of sulfonamides is 1. The molecule has 2 N–H and O–H groups in total. The normalized spacial score (nSPS) is 22.2. The van der Waals surface area contributed by atoms with Crippen LogP contribution in [0.25, 0.3) is 10.8 Å². The summed E-state index contributed by atoms with van der Waals surface area (Å²) in [6.45, 7) is 2.49. The number of hydrogen-bond donors (Lipinski definition) is 1. The summed E-state index contributed by atoms with van der Waals surface area (Å²) in [5.41, 5.74) is 5.77. The first-order valence-corrected chi connectivity index (χ1v) is 12.9. The fourth-order valence-corrected chi connectivity index (χ4v) is 6.45. The highest BCUT2D eigenvalue weighted by Gasteiger charge is 2.32. The number of carbonyl (C=O) groups excluding carboxylic acids is 1. The zero-order chi connectivity index (χ0) is 22.0. The van der Waals surface area contributed by atoms with Crippen molar-refractivity contribution in [3.05, 3.63) is 41.4 Å². The van der Waals surface area contributed by atoms with E-state index in [1.165, 1.54) is 4.31 Å². The van der Waals surface area contributed by atoms with Gasteiger partial charge in [0.1, 0.15) is 0 Å². The zero-order valence-corrected chi connectivity index (χ0v) is 21.7. The number of rotatable bonds is 4. The average molecular weight is 537 g/mol. The molecule has 0 unspecified atom stereocenters. The van der Waals surface area contributed by atoms with E-state index in [4.69, 9.17) is 17.3 Å². The number of benzene rings is 2. The van der Waals surface area contributed by atoms with Crippen LogP contribution in [0.4, 0.5) is 0 Å². The van der Waals surface area contributed by atoms with E-state index in [0.717, 1.165) is 36.5 Å². The smallest absolute Gasteiger partial charge is 0.243 e. The van der Waals surface area contributed by atoms with Gasteiger partial charge < -0.3 is 10.6 Å². The number of hydrogen-bond acceptors (Lipinski definition) is 4. The van der Waals surface area contributed by atoms with Crippen LogP contribution in [0.2, 0.25) is 5.02 Å². The van der Waals surface area contributed by atoms with E-state index in [0.29, 0.717) is 50.1 Å². The van der Waals surface area contributed by atoms with Gasteiger partial charge in [0, 0.05) is 37.1 Å². The van der Waals surface area contributed by atoms with Crippen LogP contribution in [-0.2, 0) is 14.8 Å². The minimum Gasteiger partial charge on any atom is -0.341 e. The van der Waals surface area contributed by atoms with E-state index in [1.807, 2.05) is 17.0 Å². The Kier molecular flexibility index (Phi) is 10.3. The van der Waals surface area contributed by atoms with Crippen LogP contribution in [0.15, 0.2) is 41.3 Å². The highest BCUT2D eigenvalue weighted by molar-refractivity contribution is 7.89. The molecule has 0 radical (unpaired) electrons. The molecular formula is C23H32Cl3N3O3S. The molecule has 2 aromatic carbocycles. The fraction of sp³-hybridized carbons (Fsp3) is 0.522. The molecule has 1 saturated carbocycles. The molecule has 2 aliphatic rings. The Bertz CT molecular complexity index is 1060. The minimum absolute atomic E-state index is 0. The molecule has 0 aromatic heterocycles. The van der Waals surface area contributed by atoms with Crippen molar-refractivity contribution in [3.8, 4) is 0 Å². The van der Waals surface area contributed by atoms with Gasteiger partial charge >= 0.3 is 0 Å². The maximum Gasteiger partial charge on any atom is 0.243 e. The SMILES string of the molecule is Cl.Cl.NCC1CCC(C(=O)N2CCCN(S(=O)(=O)c3ccc4cc(Cl)ccc4c3)CC2)CC1. The lowest BCUT2D eigenvalue weighted by atomic mass is 9.81. The van der Waals surface area contributed by atoms with E-state index in [1.54, 1.807) is 24.3 Å². The third-order valence-corrected chi connectivity index (χ3v) is 8.84. The summed E-state index contributed by atoms with van der Waals surface area (Å²) < 4.78 is 28.1. The van der Waals surface area contributed by atoms with Crippen LogP contribution >= 0.6 is 36.4 Å². The number of nitrogens with zero attached hydrogens (tertiary/aromatic N) is 2. The fourth-order valence-electron chi connectivity index (χ4n) is 4.76. The van der Waals surface area contributed by atoms with E-state index in [-0.39, 0.29) is 41.5 Å². The number of amides is 1. The van der Waals surface area contributed by atoms with E-state index in [9.17, 15) is 13.2 Å². The predicted octanol–water partition coefficient (Wildman–Crippen LogP) is 4.32. The summed E-state index contributed by atoms with van der Waals surface area (Å²) in [7, 11) is -3.62.